The Bertz CT molecular complexity index is 1080. The first-order valence-corrected chi connectivity index (χ1v) is 9.65. The molecule has 0 bridgehead atoms. The fourth-order valence-corrected chi connectivity index (χ4v) is 3.16. The molecular weight excluding hydrogens is 420 g/mol. The van der Waals surface area contributed by atoms with Crippen molar-refractivity contribution in [2.45, 2.75) is 13.0 Å². The van der Waals surface area contributed by atoms with E-state index in [0.717, 1.165) is 16.5 Å². The summed E-state index contributed by atoms with van der Waals surface area (Å²) in [7, 11) is 1.29. The van der Waals surface area contributed by atoms with Crippen molar-refractivity contribution in [1.82, 2.24) is 15.5 Å². The lowest BCUT2D eigenvalue weighted by Crippen LogP contribution is -2.37. The number of non-ortho nitro benzene ring substituents is 1. The Labute approximate surface area is 182 Å². The molecule has 0 atom stereocenters. The smallest absolute Gasteiger partial charge is 0.337 e. The molecule has 2 aromatic carbocycles. The highest BCUT2D eigenvalue weighted by Crippen LogP contribution is 2.26. The molecule has 0 saturated carbocycles. The van der Waals surface area contributed by atoms with Gasteiger partial charge >= 0.3 is 12.0 Å². The number of fused-ring (bicyclic) bond motifs is 1. The molecule has 32 heavy (non-hydrogen) atoms. The summed E-state index contributed by atoms with van der Waals surface area (Å²) < 4.78 is 4.62. The Morgan fingerprint density at radius 1 is 1.03 bits per heavy atom. The summed E-state index contributed by atoms with van der Waals surface area (Å²) in [5, 5.41) is 16.2. The SMILES string of the molecule is COC(=O)c1ccc(CNC(=O)NCCCN2C(=O)c3ccc([N+](=O)[O-])cc3C2=O)cc1. The normalized spacial score (nSPS) is 12.3. The number of hydrogen-bond donors (Lipinski definition) is 2. The first-order valence-electron chi connectivity index (χ1n) is 9.65. The van der Waals surface area contributed by atoms with Crippen LogP contribution in [0.5, 0.6) is 0 Å². The number of ether oxygens (including phenoxy) is 1. The maximum absolute atomic E-state index is 12.4. The molecule has 0 radical (unpaired) electrons. The van der Waals surface area contributed by atoms with Crippen LogP contribution < -0.4 is 10.6 Å². The second kappa shape index (κ2) is 9.69. The van der Waals surface area contributed by atoms with Gasteiger partial charge in [0.25, 0.3) is 17.5 Å². The summed E-state index contributed by atoms with van der Waals surface area (Å²) in [5.41, 5.74) is 1.07. The molecular formula is C21H20N4O7. The molecule has 0 aliphatic carbocycles. The van der Waals surface area contributed by atoms with E-state index < -0.39 is 28.7 Å². The number of rotatable bonds is 8. The predicted molar refractivity (Wildman–Crippen MR) is 111 cm³/mol. The number of nitro benzene ring substituents is 1. The van der Waals surface area contributed by atoms with Crippen molar-refractivity contribution in [3.8, 4) is 0 Å². The van der Waals surface area contributed by atoms with Crippen LogP contribution in [0.1, 0.15) is 43.1 Å². The number of carbonyl (C=O) groups excluding carboxylic acids is 4. The zero-order valence-corrected chi connectivity index (χ0v) is 17.1. The summed E-state index contributed by atoms with van der Waals surface area (Å²) in [6, 6.07) is 9.70. The van der Waals surface area contributed by atoms with E-state index in [1.807, 2.05) is 0 Å². The van der Waals surface area contributed by atoms with Crippen molar-refractivity contribution in [2.75, 3.05) is 20.2 Å². The maximum atomic E-state index is 12.4. The van der Waals surface area contributed by atoms with Gasteiger partial charge in [-0.3, -0.25) is 24.6 Å². The maximum Gasteiger partial charge on any atom is 0.337 e. The molecule has 4 amide bonds. The zero-order valence-electron chi connectivity index (χ0n) is 17.1. The Morgan fingerprint density at radius 2 is 1.72 bits per heavy atom. The second-order valence-electron chi connectivity index (χ2n) is 6.90. The van der Waals surface area contributed by atoms with Gasteiger partial charge in [0.05, 0.1) is 28.7 Å². The van der Waals surface area contributed by atoms with Gasteiger partial charge in [0.1, 0.15) is 0 Å². The number of urea groups is 1. The van der Waals surface area contributed by atoms with Crippen LogP contribution in [0.15, 0.2) is 42.5 Å². The Kier molecular flexibility index (Phi) is 6.78. The lowest BCUT2D eigenvalue weighted by molar-refractivity contribution is -0.384. The number of benzene rings is 2. The third kappa shape index (κ3) is 4.89. The van der Waals surface area contributed by atoms with E-state index >= 15 is 0 Å². The van der Waals surface area contributed by atoms with E-state index in [-0.39, 0.29) is 36.4 Å². The first-order chi connectivity index (χ1) is 15.3. The number of carbonyl (C=O) groups is 4. The van der Waals surface area contributed by atoms with Crippen LogP contribution in [-0.4, -0.2) is 53.8 Å². The molecule has 11 heteroatoms. The number of nitro groups is 1. The number of imide groups is 1. The second-order valence-corrected chi connectivity index (χ2v) is 6.90. The minimum absolute atomic E-state index is 0.00752. The highest BCUT2D eigenvalue weighted by molar-refractivity contribution is 6.21. The van der Waals surface area contributed by atoms with Crippen LogP contribution in [0.4, 0.5) is 10.5 Å². The van der Waals surface area contributed by atoms with Crippen LogP contribution in [0.2, 0.25) is 0 Å². The number of hydrogen-bond acceptors (Lipinski definition) is 7. The fourth-order valence-electron chi connectivity index (χ4n) is 3.16. The van der Waals surface area contributed by atoms with E-state index in [2.05, 4.69) is 15.4 Å². The molecule has 11 nitrogen and oxygen atoms in total. The molecule has 0 saturated heterocycles. The summed E-state index contributed by atoms with van der Waals surface area (Å²) in [6.07, 6.45) is 0.314. The molecule has 1 heterocycles. The Morgan fingerprint density at radius 3 is 2.38 bits per heavy atom. The average Bonchev–Trinajstić information content (AvgIpc) is 3.04. The van der Waals surface area contributed by atoms with E-state index in [0.29, 0.717) is 12.0 Å². The average molecular weight is 440 g/mol. The molecule has 3 rings (SSSR count). The van der Waals surface area contributed by atoms with Crippen LogP contribution in [0, 0.1) is 10.1 Å². The van der Waals surface area contributed by atoms with Gasteiger partial charge in [-0.1, -0.05) is 12.1 Å². The van der Waals surface area contributed by atoms with Gasteiger partial charge in [0.15, 0.2) is 0 Å². The monoisotopic (exact) mass is 440 g/mol. The summed E-state index contributed by atoms with van der Waals surface area (Å²) in [5.74, 6) is -1.55. The lowest BCUT2D eigenvalue weighted by Gasteiger charge is -2.14. The molecule has 0 unspecified atom stereocenters. The topological polar surface area (TPSA) is 148 Å². The van der Waals surface area contributed by atoms with Gasteiger partial charge in [-0.25, -0.2) is 9.59 Å². The van der Waals surface area contributed by atoms with Crippen molar-refractivity contribution in [2.24, 2.45) is 0 Å². The largest absolute Gasteiger partial charge is 0.465 e. The van der Waals surface area contributed by atoms with E-state index in [1.54, 1.807) is 24.3 Å². The van der Waals surface area contributed by atoms with E-state index in [9.17, 15) is 29.3 Å². The number of nitrogens with one attached hydrogen (secondary N) is 2. The zero-order chi connectivity index (χ0) is 23.3. The highest BCUT2D eigenvalue weighted by Gasteiger charge is 2.36. The summed E-state index contributed by atoms with van der Waals surface area (Å²) >= 11 is 0. The van der Waals surface area contributed by atoms with Crippen LogP contribution in [0.3, 0.4) is 0 Å². The number of nitrogens with zero attached hydrogens (tertiary/aromatic N) is 2. The number of amides is 4. The first kappa shape index (κ1) is 22.4. The third-order valence-corrected chi connectivity index (χ3v) is 4.84. The van der Waals surface area contributed by atoms with Gasteiger partial charge in [0.2, 0.25) is 0 Å². The van der Waals surface area contributed by atoms with Gasteiger partial charge < -0.3 is 15.4 Å². The molecule has 0 fully saturated rings. The minimum Gasteiger partial charge on any atom is -0.465 e. The van der Waals surface area contributed by atoms with Gasteiger partial charge in [-0.2, -0.15) is 0 Å². The number of methoxy groups -OCH3 is 1. The van der Waals surface area contributed by atoms with Gasteiger partial charge in [-0.15, -0.1) is 0 Å². The molecule has 0 aromatic heterocycles. The van der Waals surface area contributed by atoms with Crippen LogP contribution in [-0.2, 0) is 11.3 Å². The predicted octanol–water partition coefficient (Wildman–Crippen LogP) is 1.87. The molecule has 1 aliphatic heterocycles. The van der Waals surface area contributed by atoms with Crippen LogP contribution in [0.25, 0.3) is 0 Å². The molecule has 0 spiro atoms. The van der Waals surface area contributed by atoms with E-state index in [4.69, 9.17) is 0 Å². The van der Waals surface area contributed by atoms with E-state index in [1.165, 1.54) is 19.2 Å². The molecule has 166 valence electrons. The molecule has 2 aromatic rings. The van der Waals surface area contributed by atoms with Crippen molar-refractivity contribution in [3.05, 3.63) is 74.8 Å². The van der Waals surface area contributed by atoms with Gasteiger partial charge in [-0.05, 0) is 30.2 Å². The van der Waals surface area contributed by atoms with Crippen molar-refractivity contribution in [1.29, 1.82) is 0 Å². The Balaban J connectivity index is 1.42. The quantitative estimate of drug-likeness (QED) is 0.209. The van der Waals surface area contributed by atoms with Crippen molar-refractivity contribution >= 4 is 29.5 Å². The molecule has 1 aliphatic rings. The fraction of sp³-hybridized carbons (Fsp3) is 0.238. The minimum atomic E-state index is -0.628. The van der Waals surface area contributed by atoms with Crippen molar-refractivity contribution in [3.63, 3.8) is 0 Å². The van der Waals surface area contributed by atoms with Crippen LogP contribution >= 0.6 is 0 Å². The molecule has 2 N–H and O–H groups in total. The Hall–Kier alpha value is -4.28. The van der Waals surface area contributed by atoms with Gasteiger partial charge in [0, 0.05) is 31.8 Å². The third-order valence-electron chi connectivity index (χ3n) is 4.84. The standard InChI is InChI=1S/C21H20N4O7/c1-32-20(28)14-5-3-13(4-6-14)12-23-21(29)22-9-2-10-24-18(26)16-8-7-15(25(30)31)11-17(16)19(24)27/h3-8,11H,2,9-10,12H2,1H3,(H2,22,23,29). The summed E-state index contributed by atoms with van der Waals surface area (Å²) in [6.45, 7) is 0.514. The van der Waals surface area contributed by atoms with Crippen molar-refractivity contribution < 1.29 is 28.8 Å². The number of esters is 1. The summed E-state index contributed by atoms with van der Waals surface area (Å²) in [4.78, 5) is 59.4. The lowest BCUT2D eigenvalue weighted by atomic mass is 10.1. The highest BCUT2D eigenvalue weighted by atomic mass is 16.6.